The third-order valence-corrected chi connectivity index (χ3v) is 12.3. The molecule has 1 fully saturated rings. The highest BCUT2D eigenvalue weighted by atomic mass is 16.5. The number of para-hydroxylation sites is 4. The SMILES string of the molecule is CCC(C)C1=CC2CC2(c2c(-c3ccc(C(C)CC)cc3)cc(N3c4ccccc4Oc4ccccc43)cc2-c2ccc(C(C)CC)cc2)C=C1. The lowest BCUT2D eigenvalue weighted by molar-refractivity contribution is 0.477. The van der Waals surface area contributed by atoms with Crippen LogP contribution < -0.4 is 9.64 Å². The molecule has 0 spiro atoms. The van der Waals surface area contributed by atoms with Gasteiger partial charge >= 0.3 is 0 Å². The number of benzene rings is 5. The van der Waals surface area contributed by atoms with Gasteiger partial charge in [-0.05, 0) is 130 Å². The first-order chi connectivity index (χ1) is 24.8. The maximum atomic E-state index is 6.47. The molecular formula is C49H51NO. The van der Waals surface area contributed by atoms with E-state index in [4.69, 9.17) is 4.74 Å². The summed E-state index contributed by atoms with van der Waals surface area (Å²) in [7, 11) is 0. The lowest BCUT2D eigenvalue weighted by Crippen LogP contribution is -2.18. The van der Waals surface area contributed by atoms with Crippen molar-refractivity contribution in [1.82, 2.24) is 0 Å². The normalized spacial score (nSPS) is 20.3. The predicted molar refractivity (Wildman–Crippen MR) is 216 cm³/mol. The first kappa shape index (κ1) is 33.3. The van der Waals surface area contributed by atoms with E-state index < -0.39 is 0 Å². The van der Waals surface area contributed by atoms with Crippen molar-refractivity contribution in [3.05, 3.63) is 150 Å². The molecule has 0 saturated heterocycles. The number of allylic oxidation sites excluding steroid dienone is 4. The number of hydrogen-bond acceptors (Lipinski definition) is 2. The number of nitrogens with zero attached hydrogens (tertiary/aromatic N) is 1. The van der Waals surface area contributed by atoms with Gasteiger partial charge in [-0.2, -0.15) is 0 Å². The van der Waals surface area contributed by atoms with Crippen LogP contribution in [0.25, 0.3) is 22.3 Å². The second-order valence-corrected chi connectivity index (χ2v) is 15.3. The molecule has 1 aliphatic heterocycles. The van der Waals surface area contributed by atoms with Gasteiger partial charge in [-0.25, -0.2) is 0 Å². The summed E-state index contributed by atoms with van der Waals surface area (Å²) < 4.78 is 6.47. The minimum atomic E-state index is -0.0360. The van der Waals surface area contributed by atoms with Crippen molar-refractivity contribution >= 4 is 17.1 Å². The van der Waals surface area contributed by atoms with Crippen LogP contribution in [0.2, 0.25) is 0 Å². The van der Waals surface area contributed by atoms with E-state index in [0.29, 0.717) is 23.7 Å². The highest BCUT2D eigenvalue weighted by Crippen LogP contribution is 2.64. The molecule has 5 unspecified atom stereocenters. The minimum absolute atomic E-state index is 0.0360. The Balaban J connectivity index is 1.40. The van der Waals surface area contributed by atoms with Gasteiger partial charge in [0.25, 0.3) is 0 Å². The quantitative estimate of drug-likeness (QED) is 0.144. The van der Waals surface area contributed by atoms with Crippen LogP contribution in [0.4, 0.5) is 17.1 Å². The average Bonchev–Trinajstić information content (AvgIpc) is 3.93. The van der Waals surface area contributed by atoms with E-state index in [1.807, 2.05) is 0 Å². The summed E-state index contributed by atoms with van der Waals surface area (Å²) in [6, 6.07) is 40.8. The highest BCUT2D eigenvalue weighted by molar-refractivity contribution is 5.93. The van der Waals surface area contributed by atoms with Crippen molar-refractivity contribution < 1.29 is 4.74 Å². The second-order valence-electron chi connectivity index (χ2n) is 15.3. The Labute approximate surface area is 305 Å². The van der Waals surface area contributed by atoms with Gasteiger partial charge in [-0.15, -0.1) is 0 Å². The summed E-state index contributed by atoms with van der Waals surface area (Å²) in [6.07, 6.45) is 12.2. The molecule has 0 radical (unpaired) electrons. The molecule has 5 aromatic carbocycles. The number of anilines is 3. The monoisotopic (exact) mass is 669 g/mol. The summed E-state index contributed by atoms with van der Waals surface area (Å²) in [4.78, 5) is 2.41. The Hall–Kier alpha value is -4.82. The van der Waals surface area contributed by atoms with Gasteiger partial charge < -0.3 is 9.64 Å². The fourth-order valence-electron chi connectivity index (χ4n) is 8.32. The summed E-state index contributed by atoms with van der Waals surface area (Å²) >= 11 is 0. The Morgan fingerprint density at radius 2 is 1.14 bits per heavy atom. The van der Waals surface area contributed by atoms with Crippen LogP contribution in [-0.4, -0.2) is 0 Å². The minimum Gasteiger partial charge on any atom is -0.453 e. The highest BCUT2D eigenvalue weighted by Gasteiger charge is 2.55. The summed E-state index contributed by atoms with van der Waals surface area (Å²) in [5, 5.41) is 0. The molecule has 1 heterocycles. The summed E-state index contributed by atoms with van der Waals surface area (Å²) in [5.74, 6) is 3.88. The van der Waals surface area contributed by atoms with E-state index in [0.717, 1.165) is 54.2 Å². The number of rotatable bonds is 10. The standard InChI is InChI=1S/C49H51NO/c1-7-32(4)35-18-22-37(23-19-35)42-29-41(50-44-14-10-12-16-46(44)51-47-17-13-11-15-45(47)50)30-43(38-24-20-36(21-25-38)33(5)8-2)48(42)49-27-26-39(34(6)9-3)28-40(49)31-49/h10-30,32-34,40H,7-9,31H2,1-6H3. The molecule has 2 heteroatoms. The maximum absolute atomic E-state index is 6.47. The Bertz CT molecular complexity index is 2000. The maximum Gasteiger partial charge on any atom is 0.151 e. The molecular weight excluding hydrogens is 619 g/mol. The molecule has 0 N–H and O–H groups in total. The molecule has 2 aliphatic carbocycles. The molecule has 0 bridgehead atoms. The van der Waals surface area contributed by atoms with Gasteiger partial charge in [-0.3, -0.25) is 0 Å². The Morgan fingerprint density at radius 3 is 1.61 bits per heavy atom. The van der Waals surface area contributed by atoms with Crippen LogP contribution in [0.5, 0.6) is 11.5 Å². The van der Waals surface area contributed by atoms with Crippen LogP contribution in [0, 0.1) is 11.8 Å². The summed E-state index contributed by atoms with van der Waals surface area (Å²) in [5.41, 5.74) is 14.2. The Kier molecular flexibility index (Phi) is 8.75. The molecule has 8 rings (SSSR count). The van der Waals surface area contributed by atoms with Gasteiger partial charge in [-0.1, -0.05) is 133 Å². The first-order valence-electron chi connectivity index (χ1n) is 19.3. The molecule has 2 nitrogen and oxygen atoms in total. The Morgan fingerprint density at radius 1 is 0.647 bits per heavy atom. The number of hydrogen-bond donors (Lipinski definition) is 0. The molecule has 3 aliphatic rings. The van der Waals surface area contributed by atoms with Crippen molar-refractivity contribution in [3.63, 3.8) is 0 Å². The molecule has 1 saturated carbocycles. The van der Waals surface area contributed by atoms with E-state index in [2.05, 4.69) is 174 Å². The fourth-order valence-corrected chi connectivity index (χ4v) is 8.32. The smallest absolute Gasteiger partial charge is 0.151 e. The molecule has 5 atom stereocenters. The van der Waals surface area contributed by atoms with Crippen molar-refractivity contribution in [2.45, 2.75) is 84.5 Å². The van der Waals surface area contributed by atoms with E-state index in [9.17, 15) is 0 Å². The van der Waals surface area contributed by atoms with Crippen LogP contribution in [0.1, 0.15) is 95.8 Å². The topological polar surface area (TPSA) is 12.5 Å². The molecule has 5 aromatic rings. The molecule has 258 valence electrons. The largest absolute Gasteiger partial charge is 0.453 e. The molecule has 0 amide bonds. The van der Waals surface area contributed by atoms with Crippen LogP contribution in [0.3, 0.4) is 0 Å². The van der Waals surface area contributed by atoms with E-state index in [1.54, 1.807) is 0 Å². The van der Waals surface area contributed by atoms with Crippen molar-refractivity contribution in [2.24, 2.45) is 11.8 Å². The fraction of sp³-hybridized carbons (Fsp3) is 0.306. The van der Waals surface area contributed by atoms with Crippen molar-refractivity contribution in [3.8, 4) is 33.8 Å². The summed E-state index contributed by atoms with van der Waals surface area (Å²) in [6.45, 7) is 13.9. The van der Waals surface area contributed by atoms with E-state index in [-0.39, 0.29) is 5.41 Å². The number of ether oxygens (including phenoxy) is 1. The van der Waals surface area contributed by atoms with E-state index in [1.165, 1.54) is 44.5 Å². The van der Waals surface area contributed by atoms with Crippen LogP contribution >= 0.6 is 0 Å². The first-order valence-corrected chi connectivity index (χ1v) is 19.3. The number of fused-ring (bicyclic) bond motifs is 3. The van der Waals surface area contributed by atoms with E-state index >= 15 is 0 Å². The lowest BCUT2D eigenvalue weighted by Gasteiger charge is -2.34. The average molecular weight is 670 g/mol. The lowest BCUT2D eigenvalue weighted by atomic mass is 9.77. The third-order valence-electron chi connectivity index (χ3n) is 12.3. The van der Waals surface area contributed by atoms with Crippen LogP contribution in [0.15, 0.2) is 133 Å². The van der Waals surface area contributed by atoms with Gasteiger partial charge in [0.2, 0.25) is 0 Å². The molecule has 0 aromatic heterocycles. The van der Waals surface area contributed by atoms with Crippen LogP contribution in [-0.2, 0) is 5.41 Å². The van der Waals surface area contributed by atoms with Gasteiger partial charge in [0.15, 0.2) is 11.5 Å². The predicted octanol–water partition coefficient (Wildman–Crippen LogP) is 14.4. The molecule has 51 heavy (non-hydrogen) atoms. The van der Waals surface area contributed by atoms with Crippen molar-refractivity contribution in [2.75, 3.05) is 4.90 Å². The van der Waals surface area contributed by atoms with Gasteiger partial charge in [0.1, 0.15) is 0 Å². The zero-order chi connectivity index (χ0) is 35.3. The van der Waals surface area contributed by atoms with Crippen molar-refractivity contribution in [1.29, 1.82) is 0 Å². The third kappa shape index (κ3) is 5.83. The van der Waals surface area contributed by atoms with Gasteiger partial charge in [0.05, 0.1) is 11.4 Å². The zero-order valence-electron chi connectivity index (χ0n) is 31.1. The zero-order valence-corrected chi connectivity index (χ0v) is 31.1. The van der Waals surface area contributed by atoms with Gasteiger partial charge in [0, 0.05) is 11.1 Å². The second kappa shape index (κ2) is 13.4.